The monoisotopic (exact) mass is 361 g/mol. The fourth-order valence-electron chi connectivity index (χ4n) is 2.96. The Morgan fingerprint density at radius 1 is 1.47 bits per heavy atom. The van der Waals surface area contributed by atoms with Crippen molar-refractivity contribution in [2.24, 2.45) is 5.92 Å². The minimum absolute atomic E-state index is 0.632. The van der Waals surface area contributed by atoms with E-state index in [1.807, 2.05) is 11.3 Å². The van der Waals surface area contributed by atoms with Crippen LogP contribution in [0.15, 0.2) is 6.07 Å². The zero-order valence-corrected chi connectivity index (χ0v) is 13.3. The predicted octanol–water partition coefficient (Wildman–Crippen LogP) is 4.51. The molecule has 2 unspecified atom stereocenters. The quantitative estimate of drug-likeness (QED) is 0.779. The Balaban J connectivity index is 1.66. The van der Waals surface area contributed by atoms with Crippen molar-refractivity contribution in [3.63, 3.8) is 0 Å². The molecular weight excluding hydrogens is 341 g/mol. The molecule has 2 aliphatic rings. The molecule has 3 rings (SSSR count). The Bertz CT molecular complexity index is 397. The Morgan fingerprint density at radius 3 is 3.06 bits per heavy atom. The summed E-state index contributed by atoms with van der Waals surface area (Å²) in [6, 6.07) is 3.73. The van der Waals surface area contributed by atoms with Crippen LogP contribution in [0.4, 0.5) is 0 Å². The number of nitrogens with one attached hydrogen (secondary N) is 1. The van der Waals surface area contributed by atoms with E-state index in [4.69, 9.17) is 0 Å². The average molecular weight is 361 g/mol. The molecule has 0 bridgehead atoms. The molecule has 1 aromatic heterocycles. The number of aryl methyl sites for hydroxylation is 1. The van der Waals surface area contributed by atoms with Crippen LogP contribution in [0.2, 0.25) is 0 Å². The molecule has 2 aliphatic carbocycles. The maximum Gasteiger partial charge on any atom is 0.0659 e. The largest absolute Gasteiger partial charge is 0.307 e. The lowest BCUT2D eigenvalue weighted by molar-refractivity contribution is 0.387. The minimum Gasteiger partial charge on any atom is -0.307 e. The summed E-state index contributed by atoms with van der Waals surface area (Å²) < 4.78 is 1.45. The third-order valence-corrected chi connectivity index (χ3v) is 5.92. The highest BCUT2D eigenvalue weighted by Gasteiger charge is 2.27. The van der Waals surface area contributed by atoms with E-state index in [-0.39, 0.29) is 0 Å². The molecule has 0 spiro atoms. The van der Waals surface area contributed by atoms with Gasteiger partial charge in [-0.15, -0.1) is 11.3 Å². The van der Waals surface area contributed by atoms with Crippen molar-refractivity contribution in [1.29, 1.82) is 0 Å². The second-order valence-corrected chi connectivity index (χ2v) is 8.65. The smallest absolute Gasteiger partial charge is 0.0659 e. The fourth-order valence-corrected chi connectivity index (χ4v) is 5.08. The SMILES string of the molecule is CC(CC1CC1)NC1CCCc2sc(I)cc21. The number of thiophene rings is 1. The van der Waals surface area contributed by atoms with E-state index in [0.29, 0.717) is 12.1 Å². The van der Waals surface area contributed by atoms with Gasteiger partial charge in [-0.1, -0.05) is 12.8 Å². The second-order valence-electron chi connectivity index (χ2n) is 5.62. The van der Waals surface area contributed by atoms with E-state index >= 15 is 0 Å². The van der Waals surface area contributed by atoms with Gasteiger partial charge in [-0.3, -0.25) is 0 Å². The van der Waals surface area contributed by atoms with Gasteiger partial charge in [0.2, 0.25) is 0 Å². The molecule has 1 fully saturated rings. The fraction of sp³-hybridized carbons (Fsp3) is 0.714. The van der Waals surface area contributed by atoms with E-state index in [1.165, 1.54) is 41.4 Å². The molecule has 1 heterocycles. The minimum atomic E-state index is 0.632. The summed E-state index contributed by atoms with van der Waals surface area (Å²) in [5.41, 5.74) is 1.60. The third-order valence-electron chi connectivity index (χ3n) is 3.95. The number of fused-ring (bicyclic) bond motifs is 1. The van der Waals surface area contributed by atoms with Crippen LogP contribution < -0.4 is 5.32 Å². The first-order valence-corrected chi connectivity index (χ1v) is 8.66. The van der Waals surface area contributed by atoms with Crippen molar-refractivity contribution >= 4 is 33.9 Å². The van der Waals surface area contributed by atoms with Gasteiger partial charge < -0.3 is 5.32 Å². The molecule has 0 radical (unpaired) electrons. The summed E-state index contributed by atoms with van der Waals surface area (Å²) in [7, 11) is 0. The zero-order valence-electron chi connectivity index (χ0n) is 10.3. The first-order chi connectivity index (χ1) is 8.22. The van der Waals surface area contributed by atoms with Crippen LogP contribution in [0.25, 0.3) is 0 Å². The maximum absolute atomic E-state index is 3.86. The third kappa shape index (κ3) is 3.04. The van der Waals surface area contributed by atoms with Crippen molar-refractivity contribution in [3.8, 4) is 0 Å². The lowest BCUT2D eigenvalue weighted by Gasteiger charge is -2.27. The van der Waals surface area contributed by atoms with E-state index in [2.05, 4.69) is 40.9 Å². The van der Waals surface area contributed by atoms with Gasteiger partial charge in [0.05, 0.1) is 2.88 Å². The van der Waals surface area contributed by atoms with Crippen molar-refractivity contribution in [2.45, 2.75) is 57.5 Å². The van der Waals surface area contributed by atoms with Gasteiger partial charge in [0.25, 0.3) is 0 Å². The molecular formula is C14H20INS. The highest BCUT2D eigenvalue weighted by molar-refractivity contribution is 14.1. The second kappa shape index (κ2) is 5.17. The molecule has 0 amide bonds. The van der Waals surface area contributed by atoms with E-state index in [1.54, 1.807) is 10.4 Å². The molecule has 0 aromatic carbocycles. The predicted molar refractivity (Wildman–Crippen MR) is 82.7 cm³/mol. The summed E-state index contributed by atoms with van der Waals surface area (Å²) in [6.45, 7) is 2.37. The van der Waals surface area contributed by atoms with Gasteiger partial charge in [0, 0.05) is 17.0 Å². The zero-order chi connectivity index (χ0) is 11.8. The number of hydrogen-bond donors (Lipinski definition) is 1. The molecule has 0 saturated heterocycles. The topological polar surface area (TPSA) is 12.0 Å². The van der Waals surface area contributed by atoms with E-state index < -0.39 is 0 Å². The van der Waals surface area contributed by atoms with Crippen LogP contribution in [0.3, 0.4) is 0 Å². The first-order valence-electron chi connectivity index (χ1n) is 6.76. The molecule has 94 valence electrons. The van der Waals surface area contributed by atoms with Gasteiger partial charge in [0.1, 0.15) is 0 Å². The molecule has 1 N–H and O–H groups in total. The molecule has 2 atom stereocenters. The van der Waals surface area contributed by atoms with Crippen LogP contribution in [0.5, 0.6) is 0 Å². The molecule has 17 heavy (non-hydrogen) atoms. The highest BCUT2D eigenvalue weighted by Crippen LogP contribution is 2.38. The highest BCUT2D eigenvalue weighted by atomic mass is 127. The van der Waals surface area contributed by atoms with Crippen LogP contribution >= 0.6 is 33.9 Å². The van der Waals surface area contributed by atoms with Gasteiger partial charge in [-0.2, -0.15) is 0 Å². The van der Waals surface area contributed by atoms with Crippen LogP contribution in [-0.2, 0) is 6.42 Å². The summed E-state index contributed by atoms with van der Waals surface area (Å²) >= 11 is 4.46. The maximum atomic E-state index is 3.86. The average Bonchev–Trinajstić information content (AvgIpc) is 2.98. The van der Waals surface area contributed by atoms with Crippen molar-refractivity contribution < 1.29 is 0 Å². The Labute approximate surface area is 122 Å². The summed E-state index contributed by atoms with van der Waals surface area (Å²) in [5.74, 6) is 1.03. The van der Waals surface area contributed by atoms with Crippen LogP contribution in [-0.4, -0.2) is 6.04 Å². The molecule has 0 aliphatic heterocycles. The van der Waals surface area contributed by atoms with Gasteiger partial charge in [-0.25, -0.2) is 0 Å². The van der Waals surface area contributed by atoms with Crippen molar-refractivity contribution in [3.05, 3.63) is 19.4 Å². The van der Waals surface area contributed by atoms with Crippen LogP contribution in [0.1, 0.15) is 55.5 Å². The lowest BCUT2D eigenvalue weighted by Crippen LogP contribution is -2.32. The number of halogens is 1. The molecule has 1 aromatic rings. The summed E-state index contributed by atoms with van der Waals surface area (Å²) in [5, 5.41) is 3.86. The van der Waals surface area contributed by atoms with Gasteiger partial charge in [0.15, 0.2) is 0 Å². The molecule has 3 heteroatoms. The van der Waals surface area contributed by atoms with Crippen molar-refractivity contribution in [1.82, 2.24) is 5.32 Å². The Morgan fingerprint density at radius 2 is 2.29 bits per heavy atom. The Kier molecular flexibility index (Phi) is 3.78. The number of rotatable bonds is 4. The van der Waals surface area contributed by atoms with Gasteiger partial charge >= 0.3 is 0 Å². The summed E-state index contributed by atoms with van der Waals surface area (Å²) in [6.07, 6.45) is 8.31. The van der Waals surface area contributed by atoms with Crippen LogP contribution in [0, 0.1) is 8.80 Å². The number of hydrogen-bond acceptors (Lipinski definition) is 2. The first kappa shape index (κ1) is 12.4. The van der Waals surface area contributed by atoms with E-state index in [9.17, 15) is 0 Å². The molecule has 1 nitrogen and oxygen atoms in total. The lowest BCUT2D eigenvalue weighted by atomic mass is 9.93. The molecule has 1 saturated carbocycles. The Hall–Kier alpha value is 0.390. The van der Waals surface area contributed by atoms with Gasteiger partial charge in [-0.05, 0) is 72.7 Å². The summed E-state index contributed by atoms with van der Waals surface area (Å²) in [4.78, 5) is 1.64. The standard InChI is InChI=1S/C14H20INS/c1-9(7-10-5-6-10)16-12-3-2-4-13-11(12)8-14(15)17-13/h8-10,12,16H,2-7H2,1H3. The van der Waals surface area contributed by atoms with Crippen molar-refractivity contribution in [2.75, 3.05) is 0 Å². The normalized spacial score (nSPS) is 25.6. The van der Waals surface area contributed by atoms with E-state index in [0.717, 1.165) is 5.92 Å².